The number of anilines is 1. The summed E-state index contributed by atoms with van der Waals surface area (Å²) in [6, 6.07) is 4.45. The molecule has 2 heteroatoms. The molecule has 84 valence electrons. The maximum atomic E-state index is 6.28. The molecule has 0 saturated carbocycles. The second-order valence-corrected chi connectivity index (χ2v) is 4.57. The molecule has 0 unspecified atom stereocenters. The van der Waals surface area contributed by atoms with Crippen LogP contribution in [0.25, 0.3) is 5.57 Å². The lowest BCUT2D eigenvalue weighted by Crippen LogP contribution is -2.06. The Kier molecular flexibility index (Phi) is 2.44. The van der Waals surface area contributed by atoms with Gasteiger partial charge in [-0.25, -0.2) is 0 Å². The molecule has 0 bridgehead atoms. The molecule has 1 aliphatic carbocycles. The summed E-state index contributed by atoms with van der Waals surface area (Å²) in [5, 5.41) is 0. The Morgan fingerprint density at radius 3 is 2.88 bits per heavy atom. The van der Waals surface area contributed by atoms with Gasteiger partial charge in [0.05, 0.1) is 13.2 Å². The maximum Gasteiger partial charge on any atom is 0.0653 e. The zero-order chi connectivity index (χ0) is 11.0. The Bertz CT molecular complexity index is 448. The molecule has 0 fully saturated rings. The number of fused-ring (bicyclic) bond motifs is 1. The van der Waals surface area contributed by atoms with Crippen LogP contribution in [0.4, 0.5) is 5.69 Å². The second-order valence-electron chi connectivity index (χ2n) is 4.57. The number of hydrogen-bond donors (Lipinski definition) is 1. The first kappa shape index (κ1) is 9.91. The van der Waals surface area contributed by atoms with Gasteiger partial charge in [0.1, 0.15) is 0 Å². The van der Waals surface area contributed by atoms with Gasteiger partial charge in [-0.1, -0.05) is 18.2 Å². The first-order valence-electron chi connectivity index (χ1n) is 6.03. The third-order valence-corrected chi connectivity index (χ3v) is 3.64. The summed E-state index contributed by atoms with van der Waals surface area (Å²) in [5.74, 6) is 0. The molecule has 0 spiro atoms. The van der Waals surface area contributed by atoms with Crippen LogP contribution in [0.1, 0.15) is 29.5 Å². The minimum Gasteiger partial charge on any atom is -0.398 e. The molecule has 16 heavy (non-hydrogen) atoms. The Hall–Kier alpha value is -1.28. The van der Waals surface area contributed by atoms with Gasteiger partial charge < -0.3 is 10.5 Å². The predicted octanol–water partition coefficient (Wildman–Crippen LogP) is 2.56. The average Bonchev–Trinajstić information content (AvgIpc) is 2.80. The van der Waals surface area contributed by atoms with Crippen molar-refractivity contribution >= 4 is 11.3 Å². The highest BCUT2D eigenvalue weighted by molar-refractivity contribution is 5.78. The quantitative estimate of drug-likeness (QED) is 0.731. The Balaban J connectivity index is 2.05. The molecule has 1 heterocycles. The molecule has 0 atom stereocenters. The lowest BCUT2D eigenvalue weighted by Gasteiger charge is -2.17. The second kappa shape index (κ2) is 3.95. The molecule has 0 amide bonds. The van der Waals surface area contributed by atoms with Gasteiger partial charge in [-0.15, -0.1) is 0 Å². The Morgan fingerprint density at radius 2 is 2.06 bits per heavy atom. The number of ether oxygens (including phenoxy) is 1. The molecule has 1 aromatic rings. The van der Waals surface area contributed by atoms with E-state index in [0.29, 0.717) is 0 Å². The first-order valence-corrected chi connectivity index (χ1v) is 6.03. The lowest BCUT2D eigenvalue weighted by molar-refractivity contribution is 0.161. The molecular weight excluding hydrogens is 198 g/mol. The highest BCUT2D eigenvalue weighted by Gasteiger charge is 2.18. The zero-order valence-corrected chi connectivity index (χ0v) is 9.46. The van der Waals surface area contributed by atoms with Crippen LogP contribution in [0.15, 0.2) is 18.2 Å². The fourth-order valence-electron chi connectivity index (χ4n) is 2.75. The largest absolute Gasteiger partial charge is 0.398 e. The third kappa shape index (κ3) is 1.54. The molecule has 0 radical (unpaired) electrons. The summed E-state index contributed by atoms with van der Waals surface area (Å²) in [6.07, 6.45) is 6.76. The lowest BCUT2D eigenvalue weighted by atomic mass is 9.95. The number of rotatable bonds is 1. The van der Waals surface area contributed by atoms with E-state index in [4.69, 9.17) is 10.5 Å². The van der Waals surface area contributed by atoms with E-state index >= 15 is 0 Å². The maximum absolute atomic E-state index is 6.28. The predicted molar refractivity (Wildman–Crippen MR) is 66.3 cm³/mol. The van der Waals surface area contributed by atoms with E-state index in [-0.39, 0.29) is 0 Å². The van der Waals surface area contributed by atoms with Gasteiger partial charge in [-0.05, 0) is 42.4 Å². The summed E-state index contributed by atoms with van der Waals surface area (Å²) in [5.41, 5.74) is 12.7. The number of nitrogen functional groups attached to an aromatic ring is 1. The van der Waals surface area contributed by atoms with Crippen LogP contribution in [0.3, 0.4) is 0 Å². The van der Waals surface area contributed by atoms with Crippen molar-refractivity contribution in [1.82, 2.24) is 0 Å². The van der Waals surface area contributed by atoms with Crippen molar-refractivity contribution in [3.8, 4) is 0 Å². The van der Waals surface area contributed by atoms with Gasteiger partial charge in [0.15, 0.2) is 0 Å². The molecular formula is C14H17NO. The van der Waals surface area contributed by atoms with Crippen molar-refractivity contribution in [2.24, 2.45) is 0 Å². The van der Waals surface area contributed by atoms with Crippen molar-refractivity contribution in [2.45, 2.75) is 25.7 Å². The van der Waals surface area contributed by atoms with Gasteiger partial charge >= 0.3 is 0 Å². The number of benzene rings is 1. The summed E-state index contributed by atoms with van der Waals surface area (Å²) in [6.45, 7) is 1.55. The SMILES string of the molecule is Nc1c(C2=CCOCC2)ccc2c1CCC2. The van der Waals surface area contributed by atoms with Crippen molar-refractivity contribution in [2.75, 3.05) is 18.9 Å². The highest BCUT2D eigenvalue weighted by Crippen LogP contribution is 2.34. The first-order chi connectivity index (χ1) is 7.86. The Morgan fingerprint density at radius 1 is 1.12 bits per heavy atom. The molecule has 1 aromatic carbocycles. The molecule has 1 aliphatic heterocycles. The minimum absolute atomic E-state index is 0.728. The molecule has 0 aromatic heterocycles. The zero-order valence-electron chi connectivity index (χ0n) is 9.46. The molecule has 2 aliphatic rings. The normalized spacial score (nSPS) is 19.4. The molecule has 0 saturated heterocycles. The Labute approximate surface area is 96.1 Å². The monoisotopic (exact) mass is 215 g/mol. The molecule has 2 nitrogen and oxygen atoms in total. The van der Waals surface area contributed by atoms with Crippen LogP contribution in [0.5, 0.6) is 0 Å². The molecule has 3 rings (SSSR count). The molecule has 2 N–H and O–H groups in total. The average molecular weight is 215 g/mol. The number of nitrogens with two attached hydrogens (primary N) is 1. The van der Waals surface area contributed by atoms with Crippen molar-refractivity contribution < 1.29 is 4.74 Å². The van der Waals surface area contributed by atoms with E-state index in [1.165, 1.54) is 35.1 Å². The summed E-state index contributed by atoms with van der Waals surface area (Å²) in [7, 11) is 0. The number of hydrogen-bond acceptors (Lipinski definition) is 2. The fraction of sp³-hybridized carbons (Fsp3) is 0.429. The van der Waals surface area contributed by atoms with E-state index in [0.717, 1.165) is 31.7 Å². The van der Waals surface area contributed by atoms with Gasteiger partial charge in [0, 0.05) is 11.3 Å². The summed E-state index contributed by atoms with van der Waals surface area (Å²) in [4.78, 5) is 0. The van der Waals surface area contributed by atoms with E-state index in [1.807, 2.05) is 0 Å². The van der Waals surface area contributed by atoms with Crippen molar-refractivity contribution in [1.29, 1.82) is 0 Å². The standard InChI is InChI=1S/C14H17NO/c15-14-12-3-1-2-10(12)4-5-13(14)11-6-8-16-9-7-11/h4-6H,1-3,7-9,15H2. The van der Waals surface area contributed by atoms with Crippen LogP contribution < -0.4 is 5.73 Å². The van der Waals surface area contributed by atoms with Crippen LogP contribution in [0.2, 0.25) is 0 Å². The van der Waals surface area contributed by atoms with E-state index in [2.05, 4.69) is 18.2 Å². The summed E-state index contributed by atoms with van der Waals surface area (Å²) < 4.78 is 5.34. The van der Waals surface area contributed by atoms with Crippen LogP contribution >= 0.6 is 0 Å². The van der Waals surface area contributed by atoms with Crippen LogP contribution in [-0.4, -0.2) is 13.2 Å². The van der Waals surface area contributed by atoms with Gasteiger partial charge in [0.2, 0.25) is 0 Å². The third-order valence-electron chi connectivity index (χ3n) is 3.64. The van der Waals surface area contributed by atoms with E-state index < -0.39 is 0 Å². The highest BCUT2D eigenvalue weighted by atomic mass is 16.5. The van der Waals surface area contributed by atoms with Gasteiger partial charge in [0.25, 0.3) is 0 Å². The fourth-order valence-corrected chi connectivity index (χ4v) is 2.75. The van der Waals surface area contributed by atoms with Crippen molar-refractivity contribution in [3.63, 3.8) is 0 Å². The topological polar surface area (TPSA) is 35.2 Å². The van der Waals surface area contributed by atoms with Crippen molar-refractivity contribution in [3.05, 3.63) is 34.9 Å². The van der Waals surface area contributed by atoms with E-state index in [1.54, 1.807) is 0 Å². The minimum atomic E-state index is 0.728. The van der Waals surface area contributed by atoms with Crippen LogP contribution in [-0.2, 0) is 17.6 Å². The smallest absolute Gasteiger partial charge is 0.0653 e. The number of aryl methyl sites for hydroxylation is 1. The summed E-state index contributed by atoms with van der Waals surface area (Å²) >= 11 is 0. The van der Waals surface area contributed by atoms with Gasteiger partial charge in [-0.2, -0.15) is 0 Å². The van der Waals surface area contributed by atoms with Gasteiger partial charge in [-0.3, -0.25) is 0 Å². The van der Waals surface area contributed by atoms with E-state index in [9.17, 15) is 0 Å². The van der Waals surface area contributed by atoms with Crippen LogP contribution in [0, 0.1) is 0 Å².